The number of carboxylic acid groups (broad SMARTS) is 2. The van der Waals surface area contributed by atoms with Crippen LogP contribution < -0.4 is 9.80 Å². The third-order valence-corrected chi connectivity index (χ3v) is 16.1. The first-order chi connectivity index (χ1) is 38.6. The summed E-state index contributed by atoms with van der Waals surface area (Å²) in [5.41, 5.74) is 12.5. The number of carboxylic acids is 2. The predicted molar refractivity (Wildman–Crippen MR) is 305 cm³/mol. The zero-order chi connectivity index (χ0) is 55.9. The Balaban J connectivity index is 0.000000169. The number of aromatic nitrogens is 4. The van der Waals surface area contributed by atoms with Crippen LogP contribution in [0.5, 0.6) is 0 Å². The molecule has 2 aliphatic heterocycles. The van der Waals surface area contributed by atoms with E-state index in [0.29, 0.717) is 24.7 Å². The number of anilines is 2. The molecule has 0 spiro atoms. The summed E-state index contributed by atoms with van der Waals surface area (Å²) in [4.78, 5) is 26.2. The molecule has 2 fully saturated rings. The second kappa shape index (κ2) is 22.3. The van der Waals surface area contributed by atoms with Gasteiger partial charge >= 0.3 is 11.9 Å². The number of benzene rings is 6. The Hall–Kier alpha value is -8.52. The number of aliphatic carboxylic acids is 2. The van der Waals surface area contributed by atoms with Crippen molar-refractivity contribution in [1.82, 2.24) is 19.6 Å². The molecule has 10 nitrogen and oxygen atoms in total. The SMILES string of the molecule is CCn1cc(-c2ccc3c(c2)C[C@@H](C)N(c2ccc(C4CC4)cc2)[C@@H]3c2c(F)cc(/C=C/C(=O)O)cc2F)cn1.CCn1cc(-c2ccc3c(c2)C[C@H](C)N(c2ccc(C4CC4)cc2)[C@H]3c2c(F)cc(/C=C/C(=O)O)cc2F)cn1. The maximum atomic E-state index is 15.8. The van der Waals surface area contributed by atoms with Gasteiger partial charge in [0.2, 0.25) is 0 Å². The lowest BCUT2D eigenvalue weighted by molar-refractivity contribution is -0.132. The quantitative estimate of drug-likeness (QED) is 0.0817. The molecule has 0 saturated heterocycles. The summed E-state index contributed by atoms with van der Waals surface area (Å²) in [7, 11) is 0. The molecule has 12 rings (SSSR count). The van der Waals surface area contributed by atoms with Crippen LogP contribution in [0.15, 0.2) is 146 Å². The average Bonchev–Trinajstić information content (AvgIpc) is 4.44. The predicted octanol–water partition coefficient (Wildman–Crippen LogP) is 14.7. The summed E-state index contributed by atoms with van der Waals surface area (Å²) in [6, 6.07) is 32.3. The minimum absolute atomic E-state index is 0.0386. The second-order valence-electron chi connectivity index (χ2n) is 21.6. The normalized spacial score (nSPS) is 18.8. The topological polar surface area (TPSA) is 117 Å². The molecule has 4 atom stereocenters. The van der Waals surface area contributed by atoms with Crippen LogP contribution >= 0.6 is 0 Å². The van der Waals surface area contributed by atoms with E-state index in [9.17, 15) is 9.59 Å². The first-order valence-electron chi connectivity index (χ1n) is 27.5. The average molecular weight is 1080 g/mol. The van der Waals surface area contributed by atoms with Crippen LogP contribution in [-0.4, -0.2) is 53.8 Å². The molecule has 6 aromatic carbocycles. The highest BCUT2D eigenvalue weighted by Crippen LogP contribution is 2.48. The van der Waals surface area contributed by atoms with Crippen molar-refractivity contribution in [3.05, 3.63) is 225 Å². The second-order valence-corrected chi connectivity index (χ2v) is 21.6. The summed E-state index contributed by atoms with van der Waals surface area (Å²) < 4.78 is 67.1. The van der Waals surface area contributed by atoms with Gasteiger partial charge in [-0.15, -0.1) is 0 Å². The van der Waals surface area contributed by atoms with Crippen molar-refractivity contribution in [3.63, 3.8) is 0 Å². The van der Waals surface area contributed by atoms with E-state index in [4.69, 9.17) is 10.2 Å². The van der Waals surface area contributed by atoms with Gasteiger partial charge in [-0.3, -0.25) is 9.36 Å². The molecular formula is C66H62F4N6O4. The van der Waals surface area contributed by atoms with Gasteiger partial charge in [0.15, 0.2) is 0 Å². The van der Waals surface area contributed by atoms with Crippen molar-refractivity contribution in [2.45, 2.75) is 115 Å². The van der Waals surface area contributed by atoms with Gasteiger partial charge in [-0.25, -0.2) is 27.2 Å². The summed E-state index contributed by atoms with van der Waals surface area (Å²) in [5, 5.41) is 26.7. The van der Waals surface area contributed by atoms with Crippen molar-refractivity contribution in [2.75, 3.05) is 9.80 Å². The van der Waals surface area contributed by atoms with E-state index in [-0.39, 0.29) is 34.3 Å². The molecule has 4 aliphatic rings. The third-order valence-electron chi connectivity index (χ3n) is 16.1. The molecule has 80 heavy (non-hydrogen) atoms. The van der Waals surface area contributed by atoms with Gasteiger partial charge in [-0.05, 0) is 194 Å². The van der Waals surface area contributed by atoms with Crippen molar-refractivity contribution < 1.29 is 37.4 Å². The maximum Gasteiger partial charge on any atom is 0.328 e. The third kappa shape index (κ3) is 11.1. The highest BCUT2D eigenvalue weighted by atomic mass is 19.1. The first kappa shape index (κ1) is 53.5. The van der Waals surface area contributed by atoms with Crippen LogP contribution in [0, 0.1) is 23.3 Å². The van der Waals surface area contributed by atoms with Crippen molar-refractivity contribution in [1.29, 1.82) is 0 Å². The van der Waals surface area contributed by atoms with E-state index in [2.05, 4.69) is 94.5 Å². The minimum Gasteiger partial charge on any atom is -0.478 e. The highest BCUT2D eigenvalue weighted by molar-refractivity contribution is 5.86. The van der Waals surface area contributed by atoms with Crippen molar-refractivity contribution in [3.8, 4) is 22.3 Å². The van der Waals surface area contributed by atoms with E-state index in [1.807, 2.05) is 72.3 Å². The first-order valence-corrected chi connectivity index (χ1v) is 27.5. The van der Waals surface area contributed by atoms with Crippen molar-refractivity contribution in [2.24, 2.45) is 0 Å². The molecular weight excluding hydrogens is 1020 g/mol. The number of fused-ring (bicyclic) bond motifs is 2. The fraction of sp³-hybridized carbons (Fsp3) is 0.273. The minimum atomic E-state index is -1.18. The lowest BCUT2D eigenvalue weighted by Gasteiger charge is -2.44. The van der Waals surface area contributed by atoms with Crippen LogP contribution in [0.25, 0.3) is 34.4 Å². The van der Waals surface area contributed by atoms with Crippen LogP contribution in [-0.2, 0) is 35.5 Å². The molecule has 2 saturated carbocycles. The van der Waals surface area contributed by atoms with Crippen LogP contribution in [0.2, 0.25) is 0 Å². The number of hydrogen-bond donors (Lipinski definition) is 2. The molecule has 4 heterocycles. The Morgan fingerprint density at radius 1 is 0.525 bits per heavy atom. The van der Waals surface area contributed by atoms with Crippen molar-refractivity contribution >= 4 is 35.5 Å². The molecule has 2 aliphatic carbocycles. The van der Waals surface area contributed by atoms with Crippen LogP contribution in [0.3, 0.4) is 0 Å². The van der Waals surface area contributed by atoms with Gasteiger partial charge in [0, 0.05) is 72.2 Å². The molecule has 0 amide bonds. The number of aryl methyl sites for hydroxylation is 2. The van der Waals surface area contributed by atoms with Gasteiger partial charge in [0.05, 0.1) is 35.6 Å². The van der Waals surface area contributed by atoms with Gasteiger partial charge in [0.25, 0.3) is 0 Å². The standard InChI is InChI=1S/2C33H31F2N3O2/c2*1-3-37-19-26(18-36-37)24-9-12-28-25(17-24)14-20(2)38(27-10-7-23(8-11-27)22-5-6-22)33(28)32-29(34)15-21(16-30(32)35)4-13-31(39)40/h2*4,7-13,15-20,22,33H,3,5-6,14H2,1-2H3,(H,39,40)/b2*13-4+/t2*20-,33+/m10/s1. The smallest absolute Gasteiger partial charge is 0.328 e. The van der Waals surface area contributed by atoms with E-state index < -0.39 is 47.3 Å². The summed E-state index contributed by atoms with van der Waals surface area (Å²) >= 11 is 0. The lowest BCUT2D eigenvalue weighted by atomic mass is 9.82. The number of halogens is 4. The summed E-state index contributed by atoms with van der Waals surface area (Å²) in [6.45, 7) is 9.79. The zero-order valence-electron chi connectivity index (χ0n) is 45.0. The lowest BCUT2D eigenvalue weighted by Crippen LogP contribution is -2.43. The number of carbonyl (C=O) groups is 2. The van der Waals surface area contributed by atoms with E-state index in [1.165, 1.54) is 73.2 Å². The molecule has 0 unspecified atom stereocenters. The molecule has 8 aromatic rings. The molecule has 2 aromatic heterocycles. The molecule has 14 heteroatoms. The Morgan fingerprint density at radius 2 is 0.887 bits per heavy atom. The summed E-state index contributed by atoms with van der Waals surface area (Å²) in [6.07, 6.45) is 18.1. The highest BCUT2D eigenvalue weighted by Gasteiger charge is 2.39. The molecule has 0 radical (unpaired) electrons. The largest absolute Gasteiger partial charge is 0.478 e. The number of hydrogen-bond acceptors (Lipinski definition) is 6. The fourth-order valence-corrected chi connectivity index (χ4v) is 11.8. The Morgan fingerprint density at radius 3 is 1.20 bits per heavy atom. The maximum absolute atomic E-state index is 15.8. The zero-order valence-corrected chi connectivity index (χ0v) is 45.0. The van der Waals surface area contributed by atoms with Gasteiger partial charge in [-0.1, -0.05) is 60.7 Å². The molecule has 2 N–H and O–H groups in total. The van der Waals surface area contributed by atoms with Crippen LogP contribution in [0.1, 0.15) is 133 Å². The molecule has 408 valence electrons. The van der Waals surface area contributed by atoms with Gasteiger partial charge < -0.3 is 20.0 Å². The van der Waals surface area contributed by atoms with Crippen LogP contribution in [0.4, 0.5) is 28.9 Å². The van der Waals surface area contributed by atoms with E-state index in [0.717, 1.165) is 81.1 Å². The Labute approximate surface area is 463 Å². The van der Waals surface area contributed by atoms with E-state index in [1.54, 1.807) is 0 Å². The van der Waals surface area contributed by atoms with Gasteiger partial charge in [0.1, 0.15) is 23.3 Å². The molecule has 0 bridgehead atoms. The fourth-order valence-electron chi connectivity index (χ4n) is 11.8. The number of nitrogens with zero attached hydrogens (tertiary/aromatic N) is 6. The van der Waals surface area contributed by atoms with Gasteiger partial charge in [-0.2, -0.15) is 10.2 Å². The van der Waals surface area contributed by atoms with E-state index >= 15 is 17.6 Å². The summed E-state index contributed by atoms with van der Waals surface area (Å²) in [5.74, 6) is -3.96. The number of rotatable bonds is 14. The monoisotopic (exact) mass is 1080 g/mol. The Kier molecular flexibility index (Phi) is 14.9. The Bertz CT molecular complexity index is 3400.